The van der Waals surface area contributed by atoms with Gasteiger partial charge in [0.15, 0.2) is 5.13 Å². The van der Waals surface area contributed by atoms with E-state index in [4.69, 9.17) is 0 Å². The molecule has 1 heterocycles. The van der Waals surface area contributed by atoms with E-state index < -0.39 is 0 Å². The minimum absolute atomic E-state index is 0.0832. The maximum atomic E-state index is 12.4. The SMILES string of the molecule is CN(CC(=O)Nc1nc(-c2cccc3ccccc23)cs1)c1ccccc1. The molecule has 4 rings (SSSR count). The van der Waals surface area contributed by atoms with Gasteiger partial charge in [-0.05, 0) is 22.9 Å². The molecular formula is C22H19N3OS. The molecule has 134 valence electrons. The first-order chi connectivity index (χ1) is 13.2. The van der Waals surface area contributed by atoms with Crippen molar-refractivity contribution in [3.8, 4) is 11.3 Å². The van der Waals surface area contributed by atoms with Crippen molar-refractivity contribution in [1.82, 2.24) is 4.98 Å². The number of carbonyl (C=O) groups excluding carboxylic acids is 1. The molecule has 1 N–H and O–H groups in total. The maximum Gasteiger partial charge on any atom is 0.245 e. The number of amides is 1. The molecule has 4 nitrogen and oxygen atoms in total. The number of nitrogens with one attached hydrogen (secondary N) is 1. The third kappa shape index (κ3) is 3.83. The van der Waals surface area contributed by atoms with Gasteiger partial charge in [-0.2, -0.15) is 0 Å². The molecule has 27 heavy (non-hydrogen) atoms. The van der Waals surface area contributed by atoms with Gasteiger partial charge in [0.1, 0.15) is 0 Å². The van der Waals surface area contributed by atoms with Crippen molar-refractivity contribution < 1.29 is 4.79 Å². The van der Waals surface area contributed by atoms with Gasteiger partial charge in [0.25, 0.3) is 0 Å². The number of rotatable bonds is 5. The predicted octanol–water partition coefficient (Wildman–Crippen LogP) is 5.04. The van der Waals surface area contributed by atoms with Crippen LogP contribution in [0.2, 0.25) is 0 Å². The number of aromatic nitrogens is 1. The maximum absolute atomic E-state index is 12.4. The second-order valence-electron chi connectivity index (χ2n) is 6.30. The van der Waals surface area contributed by atoms with E-state index in [9.17, 15) is 4.79 Å². The Labute approximate surface area is 162 Å². The van der Waals surface area contributed by atoms with Crippen LogP contribution < -0.4 is 10.2 Å². The molecule has 0 saturated carbocycles. The molecule has 0 aliphatic heterocycles. The van der Waals surface area contributed by atoms with Crippen LogP contribution in [0.5, 0.6) is 0 Å². The number of nitrogens with zero attached hydrogens (tertiary/aromatic N) is 2. The Balaban J connectivity index is 1.49. The number of thiazole rings is 1. The van der Waals surface area contributed by atoms with Crippen LogP contribution in [-0.2, 0) is 4.79 Å². The summed E-state index contributed by atoms with van der Waals surface area (Å²) in [6.07, 6.45) is 0. The Kier molecular flexibility index (Phi) is 4.85. The lowest BCUT2D eigenvalue weighted by molar-refractivity contribution is -0.114. The van der Waals surface area contributed by atoms with Crippen LogP contribution in [-0.4, -0.2) is 24.5 Å². The summed E-state index contributed by atoms with van der Waals surface area (Å²) in [5.74, 6) is -0.0832. The van der Waals surface area contributed by atoms with E-state index in [2.05, 4.69) is 34.6 Å². The quantitative estimate of drug-likeness (QED) is 0.533. The zero-order chi connectivity index (χ0) is 18.6. The number of anilines is 2. The van der Waals surface area contributed by atoms with Crippen LogP contribution in [0.15, 0.2) is 78.2 Å². The summed E-state index contributed by atoms with van der Waals surface area (Å²) < 4.78 is 0. The summed E-state index contributed by atoms with van der Waals surface area (Å²) in [4.78, 5) is 18.9. The first kappa shape index (κ1) is 17.2. The lowest BCUT2D eigenvalue weighted by Gasteiger charge is -2.18. The topological polar surface area (TPSA) is 45.2 Å². The highest BCUT2D eigenvalue weighted by Gasteiger charge is 2.12. The summed E-state index contributed by atoms with van der Waals surface area (Å²) in [5.41, 5.74) is 2.96. The normalized spacial score (nSPS) is 10.7. The van der Waals surface area contributed by atoms with Gasteiger partial charge in [-0.15, -0.1) is 11.3 Å². The van der Waals surface area contributed by atoms with Crippen LogP contribution in [0.4, 0.5) is 10.8 Å². The lowest BCUT2D eigenvalue weighted by Crippen LogP contribution is -2.29. The molecule has 0 aliphatic rings. The van der Waals surface area contributed by atoms with E-state index in [1.54, 1.807) is 0 Å². The molecule has 0 saturated heterocycles. The first-order valence-corrected chi connectivity index (χ1v) is 9.58. The average Bonchev–Trinajstić information content (AvgIpc) is 3.16. The summed E-state index contributed by atoms with van der Waals surface area (Å²) in [6.45, 7) is 0.271. The van der Waals surface area contributed by atoms with E-state index in [1.807, 2.05) is 65.9 Å². The summed E-state index contributed by atoms with van der Waals surface area (Å²) in [7, 11) is 1.90. The molecular weight excluding hydrogens is 354 g/mol. The molecule has 0 spiro atoms. The fourth-order valence-corrected chi connectivity index (χ4v) is 3.78. The van der Waals surface area contributed by atoms with Gasteiger partial charge >= 0.3 is 0 Å². The standard InChI is InChI=1S/C22H19N3OS/c1-25(17-10-3-2-4-11-17)14-21(26)24-22-23-20(15-27-22)19-13-7-9-16-8-5-6-12-18(16)19/h2-13,15H,14H2,1H3,(H,23,24,26). The van der Waals surface area contributed by atoms with Gasteiger partial charge in [-0.25, -0.2) is 4.98 Å². The minimum atomic E-state index is -0.0832. The van der Waals surface area contributed by atoms with Crippen molar-refractivity contribution in [3.63, 3.8) is 0 Å². The number of benzene rings is 3. The number of carbonyl (C=O) groups is 1. The molecule has 0 fully saturated rings. The summed E-state index contributed by atoms with van der Waals surface area (Å²) in [5, 5.41) is 7.85. The Morgan fingerprint density at radius 3 is 2.59 bits per heavy atom. The van der Waals surface area contributed by atoms with Crippen molar-refractivity contribution in [2.75, 3.05) is 23.8 Å². The molecule has 1 aromatic heterocycles. The number of likely N-dealkylation sites (N-methyl/N-ethyl adjacent to an activating group) is 1. The average molecular weight is 373 g/mol. The fourth-order valence-electron chi connectivity index (χ4n) is 3.05. The molecule has 0 unspecified atom stereocenters. The Hall–Kier alpha value is -3.18. The van der Waals surface area contributed by atoms with Crippen LogP contribution >= 0.6 is 11.3 Å². The Morgan fingerprint density at radius 1 is 1.00 bits per heavy atom. The van der Waals surface area contributed by atoms with Gasteiger partial charge in [0.2, 0.25) is 5.91 Å². The monoisotopic (exact) mass is 373 g/mol. The molecule has 3 aromatic carbocycles. The molecule has 0 aliphatic carbocycles. The molecule has 0 bridgehead atoms. The zero-order valence-electron chi connectivity index (χ0n) is 14.9. The number of hydrogen-bond acceptors (Lipinski definition) is 4. The molecule has 0 radical (unpaired) electrons. The van der Waals surface area contributed by atoms with Crippen molar-refractivity contribution >= 4 is 38.8 Å². The van der Waals surface area contributed by atoms with Crippen molar-refractivity contribution in [2.45, 2.75) is 0 Å². The second kappa shape index (κ2) is 7.60. The first-order valence-electron chi connectivity index (χ1n) is 8.70. The third-order valence-electron chi connectivity index (χ3n) is 4.39. The van der Waals surface area contributed by atoms with Gasteiger partial charge in [-0.1, -0.05) is 60.7 Å². The van der Waals surface area contributed by atoms with Crippen LogP contribution in [0.3, 0.4) is 0 Å². The van der Waals surface area contributed by atoms with E-state index in [0.717, 1.165) is 22.3 Å². The number of hydrogen-bond donors (Lipinski definition) is 1. The molecule has 5 heteroatoms. The van der Waals surface area contributed by atoms with Gasteiger partial charge in [-0.3, -0.25) is 4.79 Å². The van der Waals surface area contributed by atoms with E-state index in [1.165, 1.54) is 16.7 Å². The highest BCUT2D eigenvalue weighted by molar-refractivity contribution is 7.14. The second-order valence-corrected chi connectivity index (χ2v) is 7.16. The highest BCUT2D eigenvalue weighted by Crippen LogP contribution is 2.30. The number of fused-ring (bicyclic) bond motifs is 1. The lowest BCUT2D eigenvalue weighted by atomic mass is 10.0. The number of para-hydroxylation sites is 1. The van der Waals surface area contributed by atoms with Crippen molar-refractivity contribution in [3.05, 3.63) is 78.2 Å². The van der Waals surface area contributed by atoms with E-state index in [-0.39, 0.29) is 12.5 Å². The third-order valence-corrected chi connectivity index (χ3v) is 5.15. The largest absolute Gasteiger partial charge is 0.365 e. The highest BCUT2D eigenvalue weighted by atomic mass is 32.1. The smallest absolute Gasteiger partial charge is 0.245 e. The van der Waals surface area contributed by atoms with Gasteiger partial charge in [0, 0.05) is 23.7 Å². The van der Waals surface area contributed by atoms with Crippen LogP contribution in [0, 0.1) is 0 Å². The predicted molar refractivity (Wildman–Crippen MR) is 113 cm³/mol. The van der Waals surface area contributed by atoms with Gasteiger partial charge in [0.05, 0.1) is 12.2 Å². The summed E-state index contributed by atoms with van der Waals surface area (Å²) >= 11 is 1.44. The van der Waals surface area contributed by atoms with Crippen LogP contribution in [0.1, 0.15) is 0 Å². The fraction of sp³-hybridized carbons (Fsp3) is 0.0909. The zero-order valence-corrected chi connectivity index (χ0v) is 15.7. The Bertz CT molecular complexity index is 1070. The molecule has 0 atom stereocenters. The molecule has 1 amide bonds. The molecule has 4 aromatic rings. The van der Waals surface area contributed by atoms with Crippen molar-refractivity contribution in [1.29, 1.82) is 0 Å². The van der Waals surface area contributed by atoms with E-state index >= 15 is 0 Å². The minimum Gasteiger partial charge on any atom is -0.365 e. The van der Waals surface area contributed by atoms with Crippen LogP contribution in [0.25, 0.3) is 22.0 Å². The Morgan fingerprint density at radius 2 is 1.74 bits per heavy atom. The van der Waals surface area contributed by atoms with Crippen molar-refractivity contribution in [2.24, 2.45) is 0 Å². The summed E-state index contributed by atoms with van der Waals surface area (Å²) in [6, 6.07) is 24.3. The van der Waals surface area contributed by atoms with E-state index in [0.29, 0.717) is 5.13 Å². The van der Waals surface area contributed by atoms with Gasteiger partial charge < -0.3 is 10.2 Å².